The molecule has 0 fully saturated rings. The fraction of sp³-hybridized carbons (Fsp3) is 0. The fourth-order valence-electron chi connectivity index (χ4n) is 8.04. The number of hydrogen-bond acceptors (Lipinski definition) is 2. The van der Waals surface area contributed by atoms with E-state index in [1.54, 1.807) is 0 Å². The second-order valence-corrected chi connectivity index (χ2v) is 13.2. The van der Waals surface area contributed by atoms with E-state index >= 15 is 0 Å². The zero-order valence-corrected chi connectivity index (χ0v) is 27.0. The molecule has 0 atom stereocenters. The summed E-state index contributed by atoms with van der Waals surface area (Å²) < 4.78 is 12.8. The third-order valence-electron chi connectivity index (χ3n) is 10.4. The second kappa shape index (κ2) is 10.4. The van der Waals surface area contributed by atoms with Crippen LogP contribution in [0.3, 0.4) is 0 Å². The summed E-state index contributed by atoms with van der Waals surface area (Å²) in [7, 11) is 0. The number of furan rings is 2. The minimum atomic E-state index is 0.792. The minimum absolute atomic E-state index is 0.792. The van der Waals surface area contributed by atoms with Crippen molar-refractivity contribution in [2.24, 2.45) is 0 Å². The molecule has 0 amide bonds. The second-order valence-electron chi connectivity index (χ2n) is 13.2. The van der Waals surface area contributed by atoms with Crippen molar-refractivity contribution < 1.29 is 8.83 Å². The molecule has 2 aromatic heterocycles. The lowest BCUT2D eigenvalue weighted by molar-refractivity contribution is 0.633. The van der Waals surface area contributed by atoms with Gasteiger partial charge in [-0.15, -0.1) is 0 Å². The van der Waals surface area contributed by atoms with Gasteiger partial charge in [-0.05, 0) is 120 Å². The predicted molar refractivity (Wildman–Crippen MR) is 210 cm³/mol. The molecule has 0 spiro atoms. The van der Waals surface area contributed by atoms with Crippen molar-refractivity contribution in [2.75, 3.05) is 0 Å². The van der Waals surface area contributed by atoms with Gasteiger partial charge >= 0.3 is 0 Å². The Kier molecular flexibility index (Phi) is 5.70. The van der Waals surface area contributed by atoms with Crippen LogP contribution < -0.4 is 0 Å². The Hall–Kier alpha value is -6.64. The molecule has 232 valence electrons. The zero-order chi connectivity index (χ0) is 32.8. The number of rotatable bonds is 3. The Labute approximate surface area is 287 Å². The van der Waals surface area contributed by atoms with Crippen molar-refractivity contribution in [2.45, 2.75) is 0 Å². The average molecular weight is 637 g/mol. The van der Waals surface area contributed by atoms with Gasteiger partial charge in [-0.3, -0.25) is 0 Å². The van der Waals surface area contributed by atoms with Gasteiger partial charge in [0.1, 0.15) is 11.2 Å². The van der Waals surface area contributed by atoms with E-state index in [0.29, 0.717) is 0 Å². The van der Waals surface area contributed by atoms with Gasteiger partial charge in [0.2, 0.25) is 0 Å². The lowest BCUT2D eigenvalue weighted by Crippen LogP contribution is -1.88. The van der Waals surface area contributed by atoms with Crippen LogP contribution in [0, 0.1) is 0 Å². The van der Waals surface area contributed by atoms with Crippen molar-refractivity contribution in [1.29, 1.82) is 0 Å². The van der Waals surface area contributed by atoms with Gasteiger partial charge in [-0.1, -0.05) is 115 Å². The summed E-state index contributed by atoms with van der Waals surface area (Å²) in [6.07, 6.45) is 0. The third-order valence-corrected chi connectivity index (χ3v) is 10.4. The lowest BCUT2D eigenvalue weighted by atomic mass is 9.90. The molecule has 0 saturated carbocycles. The standard InChI is InChI=1S/C48H28O2/c1-2-10-29(11-3-1)32-24-33(30-18-20-39-37-14-5-4-12-35(37)36-13-6-7-15-38(36)43(39)27-30)26-34(25-32)31-19-23-46-44(28-31)42-22-21-41-40-16-8-9-17-45(40)49-47(41)48(42)50-46/h1-28H. The van der Waals surface area contributed by atoms with Gasteiger partial charge in [0, 0.05) is 21.5 Å². The normalized spacial score (nSPS) is 12.0. The van der Waals surface area contributed by atoms with E-state index in [1.165, 1.54) is 54.6 Å². The zero-order valence-electron chi connectivity index (χ0n) is 27.0. The van der Waals surface area contributed by atoms with Crippen LogP contribution in [0.1, 0.15) is 0 Å². The summed E-state index contributed by atoms with van der Waals surface area (Å²) >= 11 is 0. The third kappa shape index (κ3) is 4.03. The highest BCUT2D eigenvalue weighted by Gasteiger charge is 2.17. The first-order valence-electron chi connectivity index (χ1n) is 17.1. The molecule has 0 N–H and O–H groups in total. The van der Waals surface area contributed by atoms with Crippen LogP contribution in [-0.2, 0) is 0 Å². The molecule has 9 aromatic carbocycles. The van der Waals surface area contributed by atoms with Crippen LogP contribution in [0.25, 0.3) is 110 Å². The van der Waals surface area contributed by atoms with Crippen molar-refractivity contribution in [3.8, 4) is 33.4 Å². The molecule has 0 aliphatic heterocycles. The molecule has 2 nitrogen and oxygen atoms in total. The quantitative estimate of drug-likeness (QED) is 0.180. The Morgan fingerprint density at radius 3 is 1.28 bits per heavy atom. The molecule has 0 aliphatic rings. The van der Waals surface area contributed by atoms with E-state index in [9.17, 15) is 0 Å². The summed E-state index contributed by atoms with van der Waals surface area (Å²) in [6, 6.07) is 61.2. The maximum absolute atomic E-state index is 6.49. The smallest absolute Gasteiger partial charge is 0.178 e. The highest BCUT2D eigenvalue weighted by molar-refractivity contribution is 6.26. The first-order chi connectivity index (χ1) is 24.8. The molecule has 2 heteroatoms. The molecule has 50 heavy (non-hydrogen) atoms. The molecular formula is C48H28O2. The Balaban J connectivity index is 1.13. The lowest BCUT2D eigenvalue weighted by Gasteiger charge is -2.14. The van der Waals surface area contributed by atoms with E-state index in [1.807, 2.05) is 18.2 Å². The number of fused-ring (bicyclic) bond motifs is 13. The van der Waals surface area contributed by atoms with Crippen molar-refractivity contribution in [1.82, 2.24) is 0 Å². The molecule has 0 unspecified atom stereocenters. The van der Waals surface area contributed by atoms with Crippen molar-refractivity contribution >= 4 is 76.2 Å². The van der Waals surface area contributed by atoms with Gasteiger partial charge < -0.3 is 8.83 Å². The highest BCUT2D eigenvalue weighted by Crippen LogP contribution is 2.42. The molecular weight excluding hydrogens is 609 g/mol. The van der Waals surface area contributed by atoms with Gasteiger partial charge in [-0.25, -0.2) is 0 Å². The maximum atomic E-state index is 6.49. The summed E-state index contributed by atoms with van der Waals surface area (Å²) in [5.41, 5.74) is 10.4. The molecule has 0 aliphatic carbocycles. The number of para-hydroxylation sites is 1. The molecule has 11 aromatic rings. The van der Waals surface area contributed by atoms with Crippen LogP contribution in [0.5, 0.6) is 0 Å². The van der Waals surface area contributed by atoms with Gasteiger partial charge in [0.15, 0.2) is 11.2 Å². The van der Waals surface area contributed by atoms with Crippen LogP contribution in [-0.4, -0.2) is 0 Å². The Morgan fingerprint density at radius 1 is 0.220 bits per heavy atom. The summed E-state index contributed by atoms with van der Waals surface area (Å²) in [5, 5.41) is 12.0. The van der Waals surface area contributed by atoms with E-state index < -0.39 is 0 Å². The van der Waals surface area contributed by atoms with E-state index in [2.05, 4.69) is 152 Å². The molecule has 0 radical (unpaired) electrons. The van der Waals surface area contributed by atoms with Crippen molar-refractivity contribution in [3.63, 3.8) is 0 Å². The fourth-order valence-corrected chi connectivity index (χ4v) is 8.04. The largest absolute Gasteiger partial charge is 0.452 e. The molecule has 11 rings (SSSR count). The van der Waals surface area contributed by atoms with Crippen LogP contribution >= 0.6 is 0 Å². The highest BCUT2D eigenvalue weighted by atomic mass is 16.4. The monoisotopic (exact) mass is 636 g/mol. The van der Waals surface area contributed by atoms with Crippen LogP contribution in [0.15, 0.2) is 179 Å². The summed E-state index contributed by atoms with van der Waals surface area (Å²) in [5.74, 6) is 0. The SMILES string of the molecule is c1ccc(-c2cc(-c3ccc4oc5c(ccc6c7ccccc7oc65)c4c3)cc(-c3ccc4c5ccccc5c5ccccc5c4c3)c2)cc1. The van der Waals surface area contributed by atoms with Gasteiger partial charge in [-0.2, -0.15) is 0 Å². The summed E-state index contributed by atoms with van der Waals surface area (Å²) in [6.45, 7) is 0. The molecule has 0 saturated heterocycles. The number of benzene rings is 9. The van der Waals surface area contributed by atoms with Gasteiger partial charge in [0.25, 0.3) is 0 Å². The van der Waals surface area contributed by atoms with Gasteiger partial charge in [0.05, 0.1) is 0 Å². The Bertz CT molecular complexity index is 3110. The molecule has 2 heterocycles. The Morgan fingerprint density at radius 2 is 0.640 bits per heavy atom. The van der Waals surface area contributed by atoms with E-state index in [-0.39, 0.29) is 0 Å². The average Bonchev–Trinajstić information content (AvgIpc) is 3.76. The first kappa shape index (κ1) is 27.3. The number of hydrogen-bond donors (Lipinski definition) is 0. The van der Waals surface area contributed by atoms with Crippen LogP contribution in [0.2, 0.25) is 0 Å². The summed E-state index contributed by atoms with van der Waals surface area (Å²) in [4.78, 5) is 0. The molecule has 0 bridgehead atoms. The minimum Gasteiger partial charge on any atom is -0.452 e. The maximum Gasteiger partial charge on any atom is 0.178 e. The van der Waals surface area contributed by atoms with Crippen LogP contribution in [0.4, 0.5) is 0 Å². The van der Waals surface area contributed by atoms with E-state index in [0.717, 1.165) is 55.0 Å². The van der Waals surface area contributed by atoms with E-state index in [4.69, 9.17) is 8.83 Å². The predicted octanol–water partition coefficient (Wildman–Crippen LogP) is 13.9. The first-order valence-corrected chi connectivity index (χ1v) is 17.1. The van der Waals surface area contributed by atoms with Crippen molar-refractivity contribution in [3.05, 3.63) is 170 Å². The topological polar surface area (TPSA) is 26.3 Å².